The number of hydrogen-bond acceptors (Lipinski definition) is 3. The van der Waals surface area contributed by atoms with E-state index in [2.05, 4.69) is 21.0 Å². The highest BCUT2D eigenvalue weighted by atomic mass is 79.9. The Bertz CT molecular complexity index is 777. The van der Waals surface area contributed by atoms with Crippen LogP contribution < -0.4 is 0 Å². The molecule has 1 atom stereocenters. The molecular formula is C16H15BrF3N3O2. The van der Waals surface area contributed by atoms with Gasteiger partial charge in [0.2, 0.25) is 0 Å². The first-order chi connectivity index (χ1) is 11.8. The number of nitrogens with zero attached hydrogens (tertiary/aromatic N) is 3. The molecule has 1 saturated heterocycles. The lowest BCUT2D eigenvalue weighted by Crippen LogP contribution is -2.41. The molecule has 1 aliphatic heterocycles. The second-order valence-corrected chi connectivity index (χ2v) is 6.45. The Kier molecular flexibility index (Phi) is 4.88. The summed E-state index contributed by atoms with van der Waals surface area (Å²) in [5.41, 5.74) is -0.367. The van der Waals surface area contributed by atoms with Crippen LogP contribution in [0.2, 0.25) is 0 Å². The van der Waals surface area contributed by atoms with Crippen molar-refractivity contribution in [1.29, 1.82) is 0 Å². The molecule has 1 aromatic heterocycles. The van der Waals surface area contributed by atoms with Crippen molar-refractivity contribution in [3.63, 3.8) is 0 Å². The normalized spacial score (nSPS) is 18.4. The number of ether oxygens (including phenoxy) is 1. The number of aryl methyl sites for hydroxylation is 1. The summed E-state index contributed by atoms with van der Waals surface area (Å²) in [6.07, 6.45) is -4.05. The number of halogens is 4. The lowest BCUT2D eigenvalue weighted by atomic mass is 10.0. The number of carbonyl (C=O) groups is 1. The molecule has 2 heterocycles. The van der Waals surface area contributed by atoms with Crippen molar-refractivity contribution in [3.8, 4) is 0 Å². The molecule has 1 aliphatic rings. The van der Waals surface area contributed by atoms with Gasteiger partial charge in [0.1, 0.15) is 6.73 Å². The molecule has 0 spiro atoms. The Labute approximate surface area is 150 Å². The van der Waals surface area contributed by atoms with E-state index >= 15 is 0 Å². The lowest BCUT2D eigenvalue weighted by molar-refractivity contribution is -0.144. The molecule has 9 heteroatoms. The summed E-state index contributed by atoms with van der Waals surface area (Å²) in [5, 5.41) is 3.78. The lowest BCUT2D eigenvalue weighted by Gasteiger charge is -2.35. The Morgan fingerprint density at radius 1 is 1.32 bits per heavy atom. The number of hydrogen-bond donors (Lipinski definition) is 0. The number of rotatable bonds is 2. The van der Waals surface area contributed by atoms with Gasteiger partial charge in [-0.3, -0.25) is 9.48 Å². The molecule has 5 nitrogen and oxygen atoms in total. The van der Waals surface area contributed by atoms with Crippen LogP contribution in [0.5, 0.6) is 0 Å². The van der Waals surface area contributed by atoms with Gasteiger partial charge >= 0.3 is 6.18 Å². The van der Waals surface area contributed by atoms with Crippen molar-refractivity contribution in [3.05, 3.63) is 51.8 Å². The Balaban J connectivity index is 1.97. The monoisotopic (exact) mass is 417 g/mol. The first kappa shape index (κ1) is 17.9. The van der Waals surface area contributed by atoms with E-state index in [1.165, 1.54) is 4.90 Å². The zero-order chi connectivity index (χ0) is 18.2. The predicted octanol–water partition coefficient (Wildman–Crippen LogP) is 3.76. The average Bonchev–Trinajstić information content (AvgIpc) is 2.89. The number of benzene rings is 1. The molecule has 2 aromatic rings. The smallest absolute Gasteiger partial charge is 0.361 e. The molecule has 0 radical (unpaired) electrons. The molecule has 134 valence electrons. The van der Waals surface area contributed by atoms with E-state index in [0.29, 0.717) is 17.7 Å². The standard InChI is InChI=1S/C16H15BrF3N3O2/c1-22-14(16(18,19)20)12(17)13(21-22)15(24)23-9-25-8-7-11(23)10-5-3-2-4-6-10/h2-6,11H,7-9H2,1H3. The van der Waals surface area contributed by atoms with Crippen molar-refractivity contribution < 1.29 is 22.7 Å². The van der Waals surface area contributed by atoms with E-state index in [4.69, 9.17) is 4.74 Å². The van der Waals surface area contributed by atoms with Crippen LogP contribution in [-0.2, 0) is 18.0 Å². The van der Waals surface area contributed by atoms with E-state index in [-0.39, 0.29) is 22.9 Å². The molecule has 0 bridgehead atoms. The summed E-state index contributed by atoms with van der Waals surface area (Å²) in [5.74, 6) is -0.605. The number of carbonyl (C=O) groups excluding carboxylic acids is 1. The molecule has 1 amide bonds. The SMILES string of the molecule is Cn1nc(C(=O)N2COCCC2c2ccccc2)c(Br)c1C(F)(F)F. The molecule has 0 saturated carbocycles. The third kappa shape index (κ3) is 3.43. The number of aromatic nitrogens is 2. The number of alkyl halides is 3. The highest BCUT2D eigenvalue weighted by Crippen LogP contribution is 2.37. The van der Waals surface area contributed by atoms with Gasteiger partial charge in [0.05, 0.1) is 17.1 Å². The average molecular weight is 418 g/mol. The second-order valence-electron chi connectivity index (χ2n) is 5.66. The predicted molar refractivity (Wildman–Crippen MR) is 86.7 cm³/mol. The summed E-state index contributed by atoms with van der Waals surface area (Å²) < 4.78 is 45.1. The van der Waals surface area contributed by atoms with Crippen LogP contribution in [0.3, 0.4) is 0 Å². The Morgan fingerprint density at radius 3 is 2.60 bits per heavy atom. The van der Waals surface area contributed by atoms with Crippen LogP contribution in [0.25, 0.3) is 0 Å². The van der Waals surface area contributed by atoms with Crippen molar-refractivity contribution in [2.24, 2.45) is 7.05 Å². The molecule has 0 aliphatic carbocycles. The Morgan fingerprint density at radius 2 is 2.00 bits per heavy atom. The largest absolute Gasteiger partial charge is 0.434 e. The highest BCUT2D eigenvalue weighted by molar-refractivity contribution is 9.10. The minimum Gasteiger partial charge on any atom is -0.361 e. The molecule has 1 fully saturated rings. The first-order valence-corrected chi connectivity index (χ1v) is 8.33. The van der Waals surface area contributed by atoms with Crippen LogP contribution in [-0.4, -0.2) is 33.9 Å². The molecule has 3 rings (SSSR count). The van der Waals surface area contributed by atoms with Crippen LogP contribution in [0.4, 0.5) is 13.2 Å². The quantitative estimate of drug-likeness (QED) is 0.747. The van der Waals surface area contributed by atoms with Gasteiger partial charge in [-0.15, -0.1) is 0 Å². The minimum atomic E-state index is -4.61. The van der Waals surface area contributed by atoms with Gasteiger partial charge in [0, 0.05) is 7.05 Å². The molecule has 1 aromatic carbocycles. The maximum absolute atomic E-state index is 13.1. The third-order valence-electron chi connectivity index (χ3n) is 4.05. The molecular weight excluding hydrogens is 403 g/mol. The van der Waals surface area contributed by atoms with E-state index in [1.54, 1.807) is 0 Å². The molecule has 1 unspecified atom stereocenters. The Hall–Kier alpha value is -1.87. The highest BCUT2D eigenvalue weighted by Gasteiger charge is 2.41. The summed E-state index contributed by atoms with van der Waals surface area (Å²) in [6.45, 7) is 0.475. The van der Waals surface area contributed by atoms with Gasteiger partial charge in [0.15, 0.2) is 11.4 Å². The fourth-order valence-electron chi connectivity index (χ4n) is 2.90. The van der Waals surface area contributed by atoms with Crippen molar-refractivity contribution in [2.45, 2.75) is 18.6 Å². The second kappa shape index (κ2) is 6.80. The van der Waals surface area contributed by atoms with Gasteiger partial charge < -0.3 is 9.64 Å². The van der Waals surface area contributed by atoms with Gasteiger partial charge in [-0.25, -0.2) is 0 Å². The van der Waals surface area contributed by atoms with Crippen LogP contribution in [0, 0.1) is 0 Å². The van der Waals surface area contributed by atoms with E-state index < -0.39 is 17.8 Å². The summed E-state index contributed by atoms with van der Waals surface area (Å²) >= 11 is 2.89. The van der Waals surface area contributed by atoms with E-state index in [1.807, 2.05) is 30.3 Å². The topological polar surface area (TPSA) is 47.4 Å². The van der Waals surface area contributed by atoms with E-state index in [9.17, 15) is 18.0 Å². The maximum atomic E-state index is 13.1. The summed E-state index contributed by atoms with van der Waals surface area (Å²) in [6, 6.07) is 9.05. The fourth-order valence-corrected chi connectivity index (χ4v) is 3.63. The number of amides is 1. The third-order valence-corrected chi connectivity index (χ3v) is 4.80. The van der Waals surface area contributed by atoms with Gasteiger partial charge in [-0.1, -0.05) is 30.3 Å². The van der Waals surface area contributed by atoms with Crippen molar-refractivity contribution >= 4 is 21.8 Å². The van der Waals surface area contributed by atoms with Gasteiger partial charge in [-0.05, 0) is 27.9 Å². The molecule has 25 heavy (non-hydrogen) atoms. The fraction of sp³-hybridized carbons (Fsp3) is 0.375. The minimum absolute atomic E-state index is 0.00274. The summed E-state index contributed by atoms with van der Waals surface area (Å²) in [4.78, 5) is 14.3. The van der Waals surface area contributed by atoms with Crippen LogP contribution in [0.1, 0.15) is 34.2 Å². The van der Waals surface area contributed by atoms with Crippen molar-refractivity contribution in [1.82, 2.24) is 14.7 Å². The zero-order valence-corrected chi connectivity index (χ0v) is 14.8. The van der Waals surface area contributed by atoms with E-state index in [0.717, 1.165) is 12.6 Å². The van der Waals surface area contributed by atoms with Gasteiger partial charge in [0.25, 0.3) is 5.91 Å². The summed E-state index contributed by atoms with van der Waals surface area (Å²) in [7, 11) is 1.16. The maximum Gasteiger partial charge on any atom is 0.434 e. The first-order valence-electron chi connectivity index (χ1n) is 7.54. The molecule has 0 N–H and O–H groups in total. The van der Waals surface area contributed by atoms with Crippen molar-refractivity contribution in [2.75, 3.05) is 13.3 Å². The van der Waals surface area contributed by atoms with Gasteiger partial charge in [-0.2, -0.15) is 18.3 Å². The zero-order valence-electron chi connectivity index (χ0n) is 13.3. The van der Waals surface area contributed by atoms with Crippen LogP contribution >= 0.6 is 15.9 Å². The van der Waals surface area contributed by atoms with Crippen LogP contribution in [0.15, 0.2) is 34.8 Å².